The van der Waals surface area contributed by atoms with E-state index in [2.05, 4.69) is 5.32 Å². The molecule has 24 heavy (non-hydrogen) atoms. The third-order valence-electron chi connectivity index (χ3n) is 3.88. The van der Waals surface area contributed by atoms with Crippen molar-refractivity contribution < 1.29 is 19.1 Å². The van der Waals surface area contributed by atoms with Crippen LogP contribution in [0.25, 0.3) is 0 Å². The van der Waals surface area contributed by atoms with Crippen LogP contribution in [0.5, 0.6) is 0 Å². The van der Waals surface area contributed by atoms with Crippen LogP contribution in [0.3, 0.4) is 0 Å². The Morgan fingerprint density at radius 3 is 2.50 bits per heavy atom. The highest BCUT2D eigenvalue weighted by molar-refractivity contribution is 5.87. The van der Waals surface area contributed by atoms with Gasteiger partial charge in [0.15, 0.2) is 0 Å². The number of nitrogens with one attached hydrogen (secondary N) is 1. The normalized spacial score (nSPS) is 11.8. The lowest BCUT2D eigenvalue weighted by Crippen LogP contribution is -2.30. The Labute approximate surface area is 140 Å². The molecule has 1 unspecified atom stereocenters. The van der Waals surface area contributed by atoms with Gasteiger partial charge in [0.1, 0.15) is 5.82 Å². The quantitative estimate of drug-likeness (QED) is 0.818. The van der Waals surface area contributed by atoms with Crippen LogP contribution in [0.4, 0.5) is 4.39 Å². The van der Waals surface area contributed by atoms with Gasteiger partial charge in [0.25, 0.3) is 0 Å². The number of halogens is 1. The molecule has 126 valence electrons. The first kappa shape index (κ1) is 17.7. The predicted molar refractivity (Wildman–Crippen MR) is 89.5 cm³/mol. The lowest BCUT2D eigenvalue weighted by Gasteiger charge is -2.15. The van der Waals surface area contributed by atoms with Gasteiger partial charge in [0.05, 0.1) is 11.5 Å². The van der Waals surface area contributed by atoms with E-state index in [4.69, 9.17) is 5.11 Å². The average molecular weight is 329 g/mol. The molecule has 1 amide bonds. The predicted octanol–water partition coefficient (Wildman–Crippen LogP) is 3.38. The van der Waals surface area contributed by atoms with E-state index in [1.165, 1.54) is 18.2 Å². The van der Waals surface area contributed by atoms with Crippen LogP contribution in [0.2, 0.25) is 0 Å². The number of amides is 1. The molecule has 1 atom stereocenters. The van der Waals surface area contributed by atoms with E-state index in [9.17, 15) is 14.0 Å². The first-order chi connectivity index (χ1) is 11.5. The highest BCUT2D eigenvalue weighted by Crippen LogP contribution is 2.20. The van der Waals surface area contributed by atoms with E-state index >= 15 is 0 Å². The summed E-state index contributed by atoms with van der Waals surface area (Å²) in [4.78, 5) is 23.3. The largest absolute Gasteiger partial charge is 0.478 e. The molecule has 0 fully saturated rings. The number of carboxylic acids is 1. The number of rotatable bonds is 7. The second-order valence-corrected chi connectivity index (χ2v) is 5.56. The van der Waals surface area contributed by atoms with Gasteiger partial charge in [-0.2, -0.15) is 0 Å². The fourth-order valence-corrected chi connectivity index (χ4v) is 2.58. The maximum Gasteiger partial charge on any atom is 0.335 e. The summed E-state index contributed by atoms with van der Waals surface area (Å²) in [5.41, 5.74) is 1.87. The topological polar surface area (TPSA) is 66.4 Å². The molecule has 4 nitrogen and oxygen atoms in total. The molecule has 2 rings (SSSR count). The van der Waals surface area contributed by atoms with Crippen LogP contribution in [0.1, 0.15) is 40.7 Å². The summed E-state index contributed by atoms with van der Waals surface area (Å²) in [5.74, 6) is -1.73. The molecule has 0 heterocycles. The zero-order chi connectivity index (χ0) is 17.5. The third kappa shape index (κ3) is 4.65. The monoisotopic (exact) mass is 329 g/mol. The molecule has 2 N–H and O–H groups in total. The summed E-state index contributed by atoms with van der Waals surface area (Å²) < 4.78 is 13.0. The molecule has 0 aliphatic heterocycles. The number of carbonyl (C=O) groups excluding carboxylic acids is 1. The second-order valence-electron chi connectivity index (χ2n) is 5.56. The Bertz CT molecular complexity index is 713. The lowest BCUT2D eigenvalue weighted by atomic mass is 9.95. The average Bonchev–Trinajstić information content (AvgIpc) is 2.57. The van der Waals surface area contributed by atoms with Crippen molar-refractivity contribution in [1.29, 1.82) is 0 Å². The molecule has 0 aromatic heterocycles. The Hall–Kier alpha value is -2.69. The van der Waals surface area contributed by atoms with Gasteiger partial charge in [-0.05, 0) is 48.2 Å². The summed E-state index contributed by atoms with van der Waals surface area (Å²) in [6.45, 7) is 2.32. The Morgan fingerprint density at radius 2 is 1.88 bits per heavy atom. The van der Waals surface area contributed by atoms with Gasteiger partial charge in [0, 0.05) is 6.54 Å². The number of carboxylic acid groups (broad SMARTS) is 1. The molecule has 0 saturated carbocycles. The molecule has 0 spiro atoms. The van der Waals surface area contributed by atoms with Gasteiger partial charge < -0.3 is 10.4 Å². The van der Waals surface area contributed by atoms with Crippen LogP contribution < -0.4 is 5.32 Å². The van der Waals surface area contributed by atoms with Gasteiger partial charge in [-0.15, -0.1) is 0 Å². The van der Waals surface area contributed by atoms with Crippen molar-refractivity contribution in [3.8, 4) is 0 Å². The first-order valence-corrected chi connectivity index (χ1v) is 7.86. The molecule has 2 aromatic carbocycles. The number of hydrogen-bond donors (Lipinski definition) is 2. The minimum atomic E-state index is -0.969. The number of carbonyl (C=O) groups is 2. The molecule has 2 aromatic rings. The van der Waals surface area contributed by atoms with E-state index < -0.39 is 5.97 Å². The molecule has 0 radical (unpaired) electrons. The zero-order valence-electron chi connectivity index (χ0n) is 13.5. The SMILES string of the molecule is CCC(C(=O)NCCc1cccc(C(=O)O)c1)c1ccc(F)cc1. The van der Waals surface area contributed by atoms with E-state index in [0.29, 0.717) is 19.4 Å². The zero-order valence-corrected chi connectivity index (χ0v) is 13.5. The standard InChI is InChI=1S/C19H20FNO3/c1-2-17(14-6-8-16(20)9-7-14)18(22)21-11-10-13-4-3-5-15(12-13)19(23)24/h3-9,12,17H,2,10-11H2,1H3,(H,21,22)(H,23,24). The molecular formula is C19H20FNO3. The maximum absolute atomic E-state index is 13.0. The van der Waals surface area contributed by atoms with Crippen LogP contribution in [0.15, 0.2) is 48.5 Å². The molecule has 5 heteroatoms. The van der Waals surface area contributed by atoms with Gasteiger partial charge in [-0.25, -0.2) is 9.18 Å². The fraction of sp³-hybridized carbons (Fsp3) is 0.263. The van der Waals surface area contributed by atoms with E-state index in [0.717, 1.165) is 11.1 Å². The molecule has 0 saturated heterocycles. The van der Waals surface area contributed by atoms with Crippen molar-refractivity contribution >= 4 is 11.9 Å². The van der Waals surface area contributed by atoms with Crippen molar-refractivity contribution in [3.05, 3.63) is 71.0 Å². The van der Waals surface area contributed by atoms with Crippen molar-refractivity contribution in [1.82, 2.24) is 5.32 Å². The highest BCUT2D eigenvalue weighted by atomic mass is 19.1. The Balaban J connectivity index is 1.93. The molecular weight excluding hydrogens is 309 g/mol. The summed E-state index contributed by atoms with van der Waals surface area (Å²) >= 11 is 0. The number of hydrogen-bond acceptors (Lipinski definition) is 2. The highest BCUT2D eigenvalue weighted by Gasteiger charge is 2.18. The third-order valence-corrected chi connectivity index (χ3v) is 3.88. The molecule has 0 aliphatic carbocycles. The van der Waals surface area contributed by atoms with E-state index in [1.54, 1.807) is 24.3 Å². The second kappa shape index (κ2) is 8.24. The van der Waals surface area contributed by atoms with Gasteiger partial charge in [-0.1, -0.05) is 31.2 Å². The van der Waals surface area contributed by atoms with Crippen LogP contribution in [-0.4, -0.2) is 23.5 Å². The first-order valence-electron chi connectivity index (χ1n) is 7.86. The smallest absolute Gasteiger partial charge is 0.335 e. The molecule has 0 aliphatic rings. The Kier molecular flexibility index (Phi) is 6.07. The van der Waals surface area contributed by atoms with E-state index in [1.807, 2.05) is 13.0 Å². The van der Waals surface area contributed by atoms with Crippen molar-refractivity contribution in [3.63, 3.8) is 0 Å². The van der Waals surface area contributed by atoms with Crippen LogP contribution in [-0.2, 0) is 11.2 Å². The van der Waals surface area contributed by atoms with E-state index in [-0.39, 0.29) is 23.2 Å². The summed E-state index contributed by atoms with van der Waals surface area (Å²) in [5, 5.41) is 11.8. The van der Waals surface area contributed by atoms with Crippen molar-refractivity contribution in [2.24, 2.45) is 0 Å². The van der Waals surface area contributed by atoms with Gasteiger partial charge in [0.2, 0.25) is 5.91 Å². The van der Waals surface area contributed by atoms with Crippen LogP contribution >= 0.6 is 0 Å². The Morgan fingerprint density at radius 1 is 1.17 bits per heavy atom. The summed E-state index contributed by atoms with van der Waals surface area (Å²) in [6, 6.07) is 12.6. The van der Waals surface area contributed by atoms with Crippen LogP contribution in [0, 0.1) is 5.82 Å². The van der Waals surface area contributed by atoms with Crippen molar-refractivity contribution in [2.45, 2.75) is 25.7 Å². The number of benzene rings is 2. The van der Waals surface area contributed by atoms with Crippen molar-refractivity contribution in [2.75, 3.05) is 6.54 Å². The number of aromatic carboxylic acids is 1. The van der Waals surface area contributed by atoms with Gasteiger partial charge >= 0.3 is 5.97 Å². The van der Waals surface area contributed by atoms with Gasteiger partial charge in [-0.3, -0.25) is 4.79 Å². The minimum Gasteiger partial charge on any atom is -0.478 e. The molecule has 0 bridgehead atoms. The fourth-order valence-electron chi connectivity index (χ4n) is 2.58. The maximum atomic E-state index is 13.0. The summed E-state index contributed by atoms with van der Waals surface area (Å²) in [7, 11) is 0. The minimum absolute atomic E-state index is 0.113. The lowest BCUT2D eigenvalue weighted by molar-refractivity contribution is -0.122. The summed E-state index contributed by atoms with van der Waals surface area (Å²) in [6.07, 6.45) is 1.17.